The molecule has 0 aliphatic carbocycles. The van der Waals surface area contributed by atoms with Crippen LogP contribution in [0.25, 0.3) is 43.4 Å². The summed E-state index contributed by atoms with van der Waals surface area (Å²) in [5, 5.41) is 8.76. The molecule has 35 heavy (non-hydrogen) atoms. The molecule has 0 radical (unpaired) electrons. The molecule has 0 unspecified atom stereocenters. The Morgan fingerprint density at radius 3 is 2.17 bits per heavy atom. The zero-order valence-corrected chi connectivity index (χ0v) is 19.8. The lowest BCUT2D eigenvalue weighted by atomic mass is 9.89. The number of fused-ring (bicyclic) bond motifs is 3. The molecule has 5 rings (SSSR count). The van der Waals surface area contributed by atoms with Crippen molar-refractivity contribution in [1.82, 2.24) is 5.32 Å². The van der Waals surface area contributed by atoms with E-state index in [0.29, 0.717) is 16.1 Å². The molecule has 1 amide bonds. The van der Waals surface area contributed by atoms with Gasteiger partial charge < -0.3 is 5.32 Å². The number of hydrogen-bond donors (Lipinski definition) is 1. The van der Waals surface area contributed by atoms with Crippen molar-refractivity contribution in [1.29, 1.82) is 0 Å². The number of amides is 1. The first kappa shape index (κ1) is 23.2. The summed E-state index contributed by atoms with van der Waals surface area (Å²) < 4.78 is 39.6. The van der Waals surface area contributed by atoms with E-state index < -0.39 is 11.7 Å². The third-order valence-electron chi connectivity index (χ3n) is 6.08. The maximum atomic E-state index is 13.2. The number of alkyl halides is 3. The number of benzene rings is 5. The van der Waals surface area contributed by atoms with Crippen LogP contribution in [0.2, 0.25) is 5.02 Å². The Morgan fingerprint density at radius 1 is 0.800 bits per heavy atom. The topological polar surface area (TPSA) is 29.1 Å². The van der Waals surface area contributed by atoms with Crippen molar-refractivity contribution >= 4 is 49.8 Å². The summed E-state index contributed by atoms with van der Waals surface area (Å²) in [5.74, 6) is -0.177. The van der Waals surface area contributed by atoms with Crippen LogP contribution in [0.5, 0.6) is 0 Å². The lowest BCUT2D eigenvalue weighted by Crippen LogP contribution is -2.29. The van der Waals surface area contributed by atoms with Gasteiger partial charge in [0.25, 0.3) is 5.91 Å². The summed E-state index contributed by atoms with van der Waals surface area (Å²) >= 11 is 6.47. The number of hydrogen-bond acceptors (Lipinski definition) is 1. The minimum Gasteiger partial charge on any atom is -0.350 e. The lowest BCUT2D eigenvalue weighted by molar-refractivity contribution is -0.137. The van der Waals surface area contributed by atoms with Gasteiger partial charge in [-0.05, 0) is 100 Å². The monoisotopic (exact) mass is 491 g/mol. The Balaban J connectivity index is 1.82. The number of carbonyl (C=O) groups excluding carboxylic acids is 1. The Morgan fingerprint density at radius 2 is 1.49 bits per heavy atom. The third-order valence-corrected chi connectivity index (χ3v) is 6.41. The zero-order valence-electron chi connectivity index (χ0n) is 19.0. The fourth-order valence-corrected chi connectivity index (χ4v) is 4.72. The van der Waals surface area contributed by atoms with E-state index in [1.165, 1.54) is 12.1 Å². The molecule has 0 spiro atoms. The molecule has 0 aromatic heterocycles. The molecule has 1 N–H and O–H groups in total. The molecule has 6 heteroatoms. The highest BCUT2D eigenvalue weighted by molar-refractivity contribution is 6.36. The van der Waals surface area contributed by atoms with Crippen LogP contribution in [0.4, 0.5) is 13.2 Å². The van der Waals surface area contributed by atoms with E-state index in [9.17, 15) is 18.0 Å². The van der Waals surface area contributed by atoms with E-state index in [0.717, 1.165) is 50.0 Å². The van der Waals surface area contributed by atoms with Gasteiger partial charge in [0.1, 0.15) is 0 Å². The van der Waals surface area contributed by atoms with Gasteiger partial charge in [0, 0.05) is 22.0 Å². The normalized spacial score (nSPS) is 12.1. The summed E-state index contributed by atoms with van der Waals surface area (Å²) in [6, 6.07) is 22.3. The number of nitrogens with one attached hydrogen (secondary N) is 1. The largest absolute Gasteiger partial charge is 0.416 e. The molecule has 0 saturated carbocycles. The van der Waals surface area contributed by atoms with Gasteiger partial charge in [0.2, 0.25) is 0 Å². The quantitative estimate of drug-likeness (QED) is 0.251. The van der Waals surface area contributed by atoms with Crippen molar-refractivity contribution in [2.24, 2.45) is 0 Å². The second-order valence-corrected chi connectivity index (χ2v) is 9.33. The number of carbonyl (C=O) groups is 1. The molecule has 0 aliphatic rings. The van der Waals surface area contributed by atoms with Crippen LogP contribution >= 0.6 is 11.6 Å². The van der Waals surface area contributed by atoms with Crippen LogP contribution in [-0.2, 0) is 6.18 Å². The van der Waals surface area contributed by atoms with Crippen LogP contribution in [0.15, 0.2) is 78.9 Å². The molecule has 5 aromatic rings. The molecule has 2 nitrogen and oxygen atoms in total. The van der Waals surface area contributed by atoms with Crippen molar-refractivity contribution in [2.75, 3.05) is 0 Å². The van der Waals surface area contributed by atoms with E-state index in [2.05, 4.69) is 5.32 Å². The average Bonchev–Trinajstić information content (AvgIpc) is 2.80. The fourth-order valence-electron chi connectivity index (χ4n) is 4.49. The molecule has 0 fully saturated rings. The SMILES string of the molecule is CC(C)NC(=O)c1ccc2c(-c3ccc(C(F)(F)F)cc3)c3cc4c(Cl)cccc4cc3cc2c1. The summed E-state index contributed by atoms with van der Waals surface area (Å²) in [4.78, 5) is 12.6. The number of halogens is 4. The van der Waals surface area contributed by atoms with E-state index in [4.69, 9.17) is 11.6 Å². The van der Waals surface area contributed by atoms with E-state index in [-0.39, 0.29) is 11.9 Å². The standard InChI is InChI=1S/C29H21ClF3NO/c1-16(2)34-28(35)19-8-11-23-20(13-19)14-21-12-18-4-3-5-26(30)24(18)15-25(21)27(23)17-6-9-22(10-7-17)29(31,32)33/h3-16H,1-2H3,(H,34,35). The van der Waals surface area contributed by atoms with Gasteiger partial charge in [-0.25, -0.2) is 0 Å². The summed E-state index contributed by atoms with van der Waals surface area (Å²) in [6.07, 6.45) is -4.41. The smallest absolute Gasteiger partial charge is 0.350 e. The van der Waals surface area contributed by atoms with E-state index >= 15 is 0 Å². The molecule has 0 heterocycles. The maximum absolute atomic E-state index is 13.2. The van der Waals surface area contributed by atoms with Crippen LogP contribution in [0, 0.1) is 0 Å². The van der Waals surface area contributed by atoms with Crippen LogP contribution in [0.3, 0.4) is 0 Å². The predicted molar refractivity (Wildman–Crippen MR) is 137 cm³/mol. The van der Waals surface area contributed by atoms with Gasteiger partial charge in [-0.2, -0.15) is 13.2 Å². The summed E-state index contributed by atoms with van der Waals surface area (Å²) in [7, 11) is 0. The second-order valence-electron chi connectivity index (χ2n) is 8.93. The van der Waals surface area contributed by atoms with Gasteiger partial charge in [-0.1, -0.05) is 41.9 Å². The molecule has 176 valence electrons. The maximum Gasteiger partial charge on any atom is 0.416 e. The molecule has 0 aliphatic heterocycles. The zero-order chi connectivity index (χ0) is 24.9. The first-order valence-electron chi connectivity index (χ1n) is 11.2. The van der Waals surface area contributed by atoms with Crippen LogP contribution < -0.4 is 5.32 Å². The van der Waals surface area contributed by atoms with Crippen molar-refractivity contribution in [3.8, 4) is 11.1 Å². The minimum absolute atomic E-state index is 0.00591. The first-order valence-corrected chi connectivity index (χ1v) is 11.6. The molecule has 5 aromatic carbocycles. The molecule has 0 saturated heterocycles. The van der Waals surface area contributed by atoms with Gasteiger partial charge in [-0.3, -0.25) is 4.79 Å². The summed E-state index contributed by atoms with van der Waals surface area (Å²) in [6.45, 7) is 3.79. The van der Waals surface area contributed by atoms with E-state index in [1.807, 2.05) is 62.4 Å². The third kappa shape index (κ3) is 4.32. The second kappa shape index (κ2) is 8.58. The van der Waals surface area contributed by atoms with Gasteiger partial charge >= 0.3 is 6.18 Å². The Labute approximate surface area is 205 Å². The highest BCUT2D eigenvalue weighted by Gasteiger charge is 2.30. The van der Waals surface area contributed by atoms with Crippen molar-refractivity contribution < 1.29 is 18.0 Å². The summed E-state index contributed by atoms with van der Waals surface area (Å²) in [5.41, 5.74) is 1.27. The Hall–Kier alpha value is -3.57. The van der Waals surface area contributed by atoms with E-state index in [1.54, 1.807) is 6.07 Å². The van der Waals surface area contributed by atoms with Gasteiger partial charge in [-0.15, -0.1) is 0 Å². The fraction of sp³-hybridized carbons (Fsp3) is 0.138. The number of rotatable bonds is 3. The molecular formula is C29H21ClF3NO. The van der Waals surface area contributed by atoms with Crippen molar-refractivity contribution in [3.63, 3.8) is 0 Å². The average molecular weight is 492 g/mol. The predicted octanol–water partition coefficient (Wildman–Crippen LogP) is 8.62. The Kier molecular flexibility index (Phi) is 5.68. The van der Waals surface area contributed by atoms with Crippen LogP contribution in [-0.4, -0.2) is 11.9 Å². The lowest BCUT2D eigenvalue weighted by Gasteiger charge is -2.16. The molecule has 0 atom stereocenters. The highest BCUT2D eigenvalue weighted by atomic mass is 35.5. The molecular weight excluding hydrogens is 471 g/mol. The first-order chi connectivity index (χ1) is 16.6. The van der Waals surface area contributed by atoms with Gasteiger partial charge in [0.05, 0.1) is 5.56 Å². The Bertz CT molecular complexity index is 1610. The molecule has 0 bridgehead atoms. The van der Waals surface area contributed by atoms with Crippen molar-refractivity contribution in [3.05, 3.63) is 95.0 Å². The van der Waals surface area contributed by atoms with Gasteiger partial charge in [0.15, 0.2) is 0 Å². The minimum atomic E-state index is -4.41. The van der Waals surface area contributed by atoms with Crippen molar-refractivity contribution in [2.45, 2.75) is 26.1 Å². The highest BCUT2D eigenvalue weighted by Crippen LogP contribution is 2.40. The van der Waals surface area contributed by atoms with Crippen LogP contribution in [0.1, 0.15) is 29.8 Å².